The van der Waals surface area contributed by atoms with Gasteiger partial charge in [-0.05, 0) is 0 Å². The summed E-state index contributed by atoms with van der Waals surface area (Å²) < 4.78 is 0. The molecular weight excluding hydrogens is 290 g/mol. The van der Waals surface area contributed by atoms with Crippen molar-refractivity contribution in [3.8, 4) is 0 Å². The Morgan fingerprint density at radius 3 is 2.81 bits per heavy atom. The number of urea groups is 1. The first-order valence-corrected chi connectivity index (χ1v) is 7.57. The number of amides is 2. The van der Waals surface area contributed by atoms with Gasteiger partial charge in [0.05, 0.1) is 6.04 Å². The fourth-order valence-corrected chi connectivity index (χ4v) is 2.89. The van der Waals surface area contributed by atoms with E-state index in [9.17, 15) is 4.79 Å². The number of carbonyl (C=O) groups excluding carboxylic acids is 1. The van der Waals surface area contributed by atoms with Crippen LogP contribution in [0.5, 0.6) is 0 Å². The third-order valence-corrected chi connectivity index (χ3v) is 4.10. The molecule has 0 bridgehead atoms. The van der Waals surface area contributed by atoms with Crippen molar-refractivity contribution in [2.24, 2.45) is 0 Å². The van der Waals surface area contributed by atoms with Crippen LogP contribution in [-0.2, 0) is 5.41 Å². The van der Waals surface area contributed by atoms with Crippen LogP contribution in [-0.4, -0.2) is 53.1 Å². The molecular formula is C14H20ClN5O. The number of carbonyl (C=O) groups is 1. The Morgan fingerprint density at radius 1 is 1.33 bits per heavy atom. The summed E-state index contributed by atoms with van der Waals surface area (Å²) in [6, 6.07) is 2.05. The van der Waals surface area contributed by atoms with E-state index in [0.29, 0.717) is 18.2 Å². The number of hydrogen-bond acceptors (Lipinski definition) is 4. The molecule has 2 fully saturated rings. The van der Waals surface area contributed by atoms with E-state index in [2.05, 4.69) is 41.0 Å². The molecule has 3 heterocycles. The Morgan fingerprint density at radius 2 is 2.10 bits per heavy atom. The summed E-state index contributed by atoms with van der Waals surface area (Å²) in [6.45, 7) is 9.15. The highest BCUT2D eigenvalue weighted by atomic mass is 35.5. The molecule has 0 radical (unpaired) electrons. The van der Waals surface area contributed by atoms with Crippen molar-refractivity contribution in [2.75, 3.05) is 31.1 Å². The summed E-state index contributed by atoms with van der Waals surface area (Å²) in [5.74, 6) is 1.59. The van der Waals surface area contributed by atoms with Crippen molar-refractivity contribution >= 4 is 23.4 Å². The van der Waals surface area contributed by atoms with Gasteiger partial charge in [0.15, 0.2) is 0 Å². The first-order valence-electron chi connectivity index (χ1n) is 7.19. The highest BCUT2D eigenvalue weighted by molar-refractivity contribution is 6.29. The molecule has 1 aromatic rings. The van der Waals surface area contributed by atoms with E-state index in [0.717, 1.165) is 24.7 Å². The third kappa shape index (κ3) is 2.77. The average Bonchev–Trinajstić information content (AvgIpc) is 2.78. The lowest BCUT2D eigenvalue weighted by atomic mass is 9.96. The van der Waals surface area contributed by atoms with Crippen LogP contribution in [0.25, 0.3) is 0 Å². The molecule has 2 aliphatic heterocycles. The van der Waals surface area contributed by atoms with Crippen LogP contribution in [0.1, 0.15) is 26.6 Å². The van der Waals surface area contributed by atoms with Crippen LogP contribution < -0.4 is 10.2 Å². The second-order valence-electron chi connectivity index (χ2n) is 6.60. The van der Waals surface area contributed by atoms with Gasteiger partial charge in [-0.1, -0.05) is 32.4 Å². The van der Waals surface area contributed by atoms with Crippen LogP contribution >= 0.6 is 11.6 Å². The summed E-state index contributed by atoms with van der Waals surface area (Å²) in [7, 11) is 0. The molecule has 1 aromatic heterocycles. The highest BCUT2D eigenvalue weighted by Crippen LogP contribution is 2.26. The van der Waals surface area contributed by atoms with Gasteiger partial charge in [0.1, 0.15) is 16.8 Å². The SMILES string of the molecule is CC(C)(C)c1nc(Cl)cc(N2CCN3C(=O)NCC3C2)n1. The first kappa shape index (κ1) is 14.4. The van der Waals surface area contributed by atoms with E-state index >= 15 is 0 Å². The first-order chi connectivity index (χ1) is 9.84. The molecule has 0 aliphatic carbocycles. The lowest BCUT2D eigenvalue weighted by Gasteiger charge is -2.37. The van der Waals surface area contributed by atoms with E-state index in [4.69, 9.17) is 11.6 Å². The molecule has 6 nitrogen and oxygen atoms in total. The number of piperazine rings is 1. The third-order valence-electron chi connectivity index (χ3n) is 3.91. The Balaban J connectivity index is 1.84. The molecule has 3 rings (SSSR count). The molecule has 21 heavy (non-hydrogen) atoms. The zero-order valence-corrected chi connectivity index (χ0v) is 13.3. The van der Waals surface area contributed by atoms with Crippen molar-refractivity contribution in [2.45, 2.75) is 32.2 Å². The minimum absolute atomic E-state index is 0.0377. The van der Waals surface area contributed by atoms with Crippen LogP contribution in [0.4, 0.5) is 10.6 Å². The summed E-state index contributed by atoms with van der Waals surface area (Å²) in [5, 5.41) is 3.35. The second kappa shape index (κ2) is 5.02. The molecule has 1 N–H and O–H groups in total. The number of anilines is 1. The molecule has 0 saturated carbocycles. The van der Waals surface area contributed by atoms with Gasteiger partial charge in [-0.25, -0.2) is 14.8 Å². The molecule has 2 amide bonds. The fraction of sp³-hybridized carbons (Fsp3) is 0.643. The normalized spacial score (nSPS) is 22.3. The van der Waals surface area contributed by atoms with E-state index in [1.54, 1.807) is 6.07 Å². The zero-order chi connectivity index (χ0) is 15.2. The molecule has 2 aliphatic rings. The average molecular weight is 310 g/mol. The number of nitrogens with zero attached hydrogens (tertiary/aromatic N) is 4. The Bertz CT molecular complexity index is 571. The molecule has 0 aromatic carbocycles. The topological polar surface area (TPSA) is 61.4 Å². The Hall–Kier alpha value is -1.56. The summed E-state index contributed by atoms with van der Waals surface area (Å²) >= 11 is 6.16. The monoisotopic (exact) mass is 309 g/mol. The van der Waals surface area contributed by atoms with Gasteiger partial charge in [0.25, 0.3) is 0 Å². The molecule has 1 atom stereocenters. The van der Waals surface area contributed by atoms with Crippen LogP contribution in [0.3, 0.4) is 0 Å². The molecule has 7 heteroatoms. The van der Waals surface area contributed by atoms with Gasteiger partial charge in [-0.2, -0.15) is 0 Å². The smallest absolute Gasteiger partial charge is 0.317 e. The van der Waals surface area contributed by atoms with Crippen molar-refractivity contribution in [1.82, 2.24) is 20.2 Å². The minimum atomic E-state index is -0.146. The van der Waals surface area contributed by atoms with E-state index in [1.807, 2.05) is 4.90 Å². The van der Waals surface area contributed by atoms with Crippen LogP contribution in [0.2, 0.25) is 5.15 Å². The largest absolute Gasteiger partial charge is 0.353 e. The number of aromatic nitrogens is 2. The number of rotatable bonds is 1. The van der Waals surface area contributed by atoms with E-state index in [-0.39, 0.29) is 17.5 Å². The minimum Gasteiger partial charge on any atom is -0.353 e. The van der Waals surface area contributed by atoms with Gasteiger partial charge in [0.2, 0.25) is 0 Å². The van der Waals surface area contributed by atoms with Crippen molar-refractivity contribution < 1.29 is 4.79 Å². The van der Waals surface area contributed by atoms with Crippen LogP contribution in [0.15, 0.2) is 6.07 Å². The molecule has 0 spiro atoms. The predicted molar refractivity (Wildman–Crippen MR) is 81.8 cm³/mol. The summed E-state index contributed by atoms with van der Waals surface area (Å²) in [6.07, 6.45) is 0. The number of halogens is 1. The Kier molecular flexibility index (Phi) is 3.43. The predicted octanol–water partition coefficient (Wildman–Crippen LogP) is 1.64. The maximum atomic E-state index is 11.6. The van der Waals surface area contributed by atoms with Crippen molar-refractivity contribution in [1.29, 1.82) is 0 Å². The van der Waals surface area contributed by atoms with E-state index < -0.39 is 0 Å². The molecule has 114 valence electrons. The van der Waals surface area contributed by atoms with Gasteiger partial charge in [-0.3, -0.25) is 0 Å². The second-order valence-corrected chi connectivity index (χ2v) is 6.99. The lowest BCUT2D eigenvalue weighted by Crippen LogP contribution is -2.52. The fourth-order valence-electron chi connectivity index (χ4n) is 2.72. The molecule has 1 unspecified atom stereocenters. The standard InChI is InChI=1S/C14H20ClN5O/c1-14(2,3)12-17-10(15)6-11(18-12)19-4-5-20-9(8-19)7-16-13(20)21/h6,9H,4-5,7-8H2,1-3H3,(H,16,21). The van der Waals surface area contributed by atoms with Gasteiger partial charge in [0, 0.05) is 37.7 Å². The molecule has 2 saturated heterocycles. The van der Waals surface area contributed by atoms with Crippen molar-refractivity contribution in [3.63, 3.8) is 0 Å². The van der Waals surface area contributed by atoms with Crippen LogP contribution in [0, 0.1) is 0 Å². The van der Waals surface area contributed by atoms with Gasteiger partial charge < -0.3 is 15.1 Å². The number of fused-ring (bicyclic) bond motifs is 1. The Labute approximate surface area is 129 Å². The number of hydrogen-bond donors (Lipinski definition) is 1. The zero-order valence-electron chi connectivity index (χ0n) is 12.6. The van der Waals surface area contributed by atoms with Crippen molar-refractivity contribution in [3.05, 3.63) is 17.0 Å². The van der Waals surface area contributed by atoms with E-state index in [1.165, 1.54) is 0 Å². The maximum absolute atomic E-state index is 11.6. The lowest BCUT2D eigenvalue weighted by molar-refractivity contribution is 0.197. The number of nitrogens with one attached hydrogen (secondary N) is 1. The summed E-state index contributed by atoms with van der Waals surface area (Å²) in [4.78, 5) is 24.7. The van der Waals surface area contributed by atoms with Gasteiger partial charge in [-0.15, -0.1) is 0 Å². The quantitative estimate of drug-likeness (QED) is 0.801. The highest BCUT2D eigenvalue weighted by Gasteiger charge is 2.36. The van der Waals surface area contributed by atoms with Gasteiger partial charge >= 0.3 is 6.03 Å². The maximum Gasteiger partial charge on any atom is 0.317 e. The summed E-state index contributed by atoms with van der Waals surface area (Å²) in [5.41, 5.74) is -0.146.